The first-order valence-corrected chi connectivity index (χ1v) is 11.7. The maximum absolute atomic E-state index is 13.1. The van der Waals surface area contributed by atoms with Crippen molar-refractivity contribution < 1.29 is 27.5 Å². The summed E-state index contributed by atoms with van der Waals surface area (Å²) in [6.07, 6.45) is 1.73. The molecule has 1 aliphatic rings. The Morgan fingerprint density at radius 1 is 1.16 bits per heavy atom. The summed E-state index contributed by atoms with van der Waals surface area (Å²) in [5.41, 5.74) is 0.212. The molecule has 0 spiro atoms. The van der Waals surface area contributed by atoms with Crippen molar-refractivity contribution in [3.63, 3.8) is 0 Å². The summed E-state index contributed by atoms with van der Waals surface area (Å²) in [5.74, 6) is -0.416. The lowest BCUT2D eigenvalue weighted by Crippen LogP contribution is -2.39. The molecule has 31 heavy (non-hydrogen) atoms. The Hall–Kier alpha value is -2.42. The van der Waals surface area contributed by atoms with Gasteiger partial charge in [-0.25, -0.2) is 13.2 Å². The lowest BCUT2D eigenvalue weighted by atomic mass is 10.0. The lowest BCUT2D eigenvalue weighted by molar-refractivity contribution is 0.0732. The number of hydrogen-bond acceptors (Lipinski definition) is 6. The van der Waals surface area contributed by atoms with Crippen LogP contribution in [-0.2, 0) is 10.0 Å². The number of nitrogens with zero attached hydrogens (tertiary/aromatic N) is 1. The van der Waals surface area contributed by atoms with E-state index in [4.69, 9.17) is 21.1 Å². The second kappa shape index (κ2) is 9.38. The van der Waals surface area contributed by atoms with E-state index in [9.17, 15) is 18.0 Å². The Labute approximate surface area is 187 Å². The van der Waals surface area contributed by atoms with Crippen LogP contribution in [0.4, 0.5) is 0 Å². The Bertz CT molecular complexity index is 1110. The number of carbonyl (C=O) groups excluding carboxylic acids is 2. The highest BCUT2D eigenvalue weighted by Crippen LogP contribution is 2.30. The van der Waals surface area contributed by atoms with Crippen molar-refractivity contribution in [2.75, 3.05) is 20.2 Å². The largest absolute Gasteiger partial charge is 0.497 e. The molecule has 7 nitrogen and oxygen atoms in total. The molecule has 0 saturated carbocycles. The zero-order valence-electron chi connectivity index (χ0n) is 17.6. The fourth-order valence-electron chi connectivity index (χ4n) is 3.50. The van der Waals surface area contributed by atoms with Crippen LogP contribution in [0.15, 0.2) is 41.3 Å². The third-order valence-corrected chi connectivity index (χ3v) is 7.52. The SMILES string of the molecule is COc1ccc(C(C)=O)c(OC(=O)c2ccc(Cl)c(S(=O)(=O)N3CCC[C@@H](C)C3)c2)c1. The van der Waals surface area contributed by atoms with Gasteiger partial charge in [0.05, 0.1) is 23.3 Å². The molecule has 0 bridgehead atoms. The number of Topliss-reactive ketones (excluding diaryl/α,β-unsaturated/α-hetero) is 1. The van der Waals surface area contributed by atoms with Crippen LogP contribution in [-0.4, -0.2) is 44.7 Å². The predicted molar refractivity (Wildman–Crippen MR) is 117 cm³/mol. The van der Waals surface area contributed by atoms with E-state index in [1.807, 2.05) is 6.92 Å². The van der Waals surface area contributed by atoms with E-state index in [-0.39, 0.29) is 38.5 Å². The van der Waals surface area contributed by atoms with Crippen molar-refractivity contribution >= 4 is 33.4 Å². The molecule has 1 heterocycles. The van der Waals surface area contributed by atoms with Crippen molar-refractivity contribution in [1.29, 1.82) is 0 Å². The fourth-order valence-corrected chi connectivity index (χ4v) is 5.59. The number of sulfonamides is 1. The van der Waals surface area contributed by atoms with Gasteiger partial charge in [0.15, 0.2) is 5.78 Å². The van der Waals surface area contributed by atoms with Crippen molar-refractivity contribution in [1.82, 2.24) is 4.31 Å². The van der Waals surface area contributed by atoms with Crippen molar-refractivity contribution in [2.24, 2.45) is 5.92 Å². The molecular formula is C22H24ClNO6S. The Morgan fingerprint density at radius 3 is 2.55 bits per heavy atom. The molecule has 1 atom stereocenters. The van der Waals surface area contributed by atoms with E-state index in [2.05, 4.69) is 0 Å². The number of esters is 1. The van der Waals surface area contributed by atoms with Crippen LogP contribution in [0.2, 0.25) is 5.02 Å². The highest BCUT2D eigenvalue weighted by atomic mass is 35.5. The van der Waals surface area contributed by atoms with E-state index in [0.717, 1.165) is 12.8 Å². The molecule has 0 unspecified atom stereocenters. The summed E-state index contributed by atoms with van der Waals surface area (Å²) < 4.78 is 38.2. The van der Waals surface area contributed by atoms with Crippen LogP contribution in [0.5, 0.6) is 11.5 Å². The van der Waals surface area contributed by atoms with Crippen LogP contribution in [0.3, 0.4) is 0 Å². The fraction of sp³-hybridized carbons (Fsp3) is 0.364. The Kier molecular flexibility index (Phi) is 7.03. The number of ketones is 1. The van der Waals surface area contributed by atoms with E-state index >= 15 is 0 Å². The molecule has 0 amide bonds. The van der Waals surface area contributed by atoms with Gasteiger partial charge in [-0.2, -0.15) is 4.31 Å². The van der Waals surface area contributed by atoms with Gasteiger partial charge in [0, 0.05) is 19.2 Å². The zero-order chi connectivity index (χ0) is 22.8. The first-order valence-electron chi connectivity index (χ1n) is 9.84. The first kappa shape index (κ1) is 23.2. The van der Waals surface area contributed by atoms with Gasteiger partial charge >= 0.3 is 5.97 Å². The van der Waals surface area contributed by atoms with E-state index in [0.29, 0.717) is 18.8 Å². The molecule has 0 radical (unpaired) electrons. The summed E-state index contributed by atoms with van der Waals surface area (Å²) in [7, 11) is -2.42. The molecule has 166 valence electrons. The summed E-state index contributed by atoms with van der Waals surface area (Å²) >= 11 is 6.19. The first-order chi connectivity index (χ1) is 14.6. The maximum atomic E-state index is 13.1. The molecule has 3 rings (SSSR count). The number of halogens is 1. The minimum atomic E-state index is -3.87. The van der Waals surface area contributed by atoms with Gasteiger partial charge in [0.2, 0.25) is 10.0 Å². The normalized spacial score (nSPS) is 17.2. The van der Waals surface area contributed by atoms with Crippen molar-refractivity contribution in [3.8, 4) is 11.5 Å². The number of hydrogen-bond donors (Lipinski definition) is 0. The molecular weight excluding hydrogens is 442 g/mol. The van der Waals surface area contributed by atoms with Crippen LogP contribution in [0, 0.1) is 5.92 Å². The number of benzene rings is 2. The summed E-state index contributed by atoms with van der Waals surface area (Å²) in [6, 6.07) is 8.47. The van der Waals surface area contributed by atoms with Gasteiger partial charge in [-0.05, 0) is 56.0 Å². The molecule has 1 aliphatic heterocycles. The standard InChI is InChI=1S/C22H24ClNO6S/c1-14-5-4-10-24(13-14)31(27,28)21-11-16(6-9-19(21)23)22(26)30-20-12-17(29-3)7-8-18(20)15(2)25/h6-9,11-12,14H,4-5,10,13H2,1-3H3/t14-/m1/s1. The predicted octanol–water partition coefficient (Wildman–Crippen LogP) is 4.19. The number of methoxy groups -OCH3 is 1. The van der Waals surface area contributed by atoms with Crippen molar-refractivity contribution in [2.45, 2.75) is 31.6 Å². The molecule has 1 fully saturated rings. The van der Waals surface area contributed by atoms with Crippen molar-refractivity contribution in [3.05, 3.63) is 52.5 Å². The average Bonchev–Trinajstić information content (AvgIpc) is 2.73. The monoisotopic (exact) mass is 465 g/mol. The maximum Gasteiger partial charge on any atom is 0.343 e. The van der Waals surface area contributed by atoms with Gasteiger partial charge < -0.3 is 9.47 Å². The quantitative estimate of drug-likeness (QED) is 0.361. The van der Waals surface area contributed by atoms with E-state index < -0.39 is 16.0 Å². The molecule has 0 aliphatic carbocycles. The Balaban J connectivity index is 1.93. The highest BCUT2D eigenvalue weighted by Gasteiger charge is 2.31. The molecule has 0 N–H and O–H groups in total. The van der Waals surface area contributed by atoms with Crippen LogP contribution in [0.25, 0.3) is 0 Å². The van der Waals surface area contributed by atoms with Gasteiger partial charge in [-0.3, -0.25) is 4.79 Å². The van der Waals surface area contributed by atoms with Crippen LogP contribution in [0.1, 0.15) is 47.4 Å². The third-order valence-electron chi connectivity index (χ3n) is 5.18. The van der Waals surface area contributed by atoms with Crippen LogP contribution < -0.4 is 9.47 Å². The average molecular weight is 466 g/mol. The second-order valence-electron chi connectivity index (χ2n) is 7.56. The second-order valence-corrected chi connectivity index (χ2v) is 9.88. The summed E-state index contributed by atoms with van der Waals surface area (Å²) in [5, 5.41) is 0.0283. The molecule has 9 heteroatoms. The topological polar surface area (TPSA) is 90.0 Å². The number of ether oxygens (including phenoxy) is 2. The molecule has 2 aromatic rings. The van der Waals surface area contributed by atoms with Crippen LogP contribution >= 0.6 is 11.6 Å². The van der Waals surface area contributed by atoms with Gasteiger partial charge in [0.25, 0.3) is 0 Å². The molecule has 0 aromatic heterocycles. The summed E-state index contributed by atoms with van der Waals surface area (Å²) in [6.45, 7) is 4.16. The molecule has 2 aromatic carbocycles. The van der Waals surface area contributed by atoms with E-state index in [1.165, 1.54) is 48.7 Å². The smallest absolute Gasteiger partial charge is 0.343 e. The van der Waals surface area contributed by atoms with Gasteiger partial charge in [-0.1, -0.05) is 18.5 Å². The minimum absolute atomic E-state index is 0.00496. The molecule has 1 saturated heterocycles. The number of rotatable bonds is 6. The summed E-state index contributed by atoms with van der Waals surface area (Å²) in [4.78, 5) is 24.5. The highest BCUT2D eigenvalue weighted by molar-refractivity contribution is 7.89. The minimum Gasteiger partial charge on any atom is -0.497 e. The lowest BCUT2D eigenvalue weighted by Gasteiger charge is -2.30. The van der Waals surface area contributed by atoms with Gasteiger partial charge in [0.1, 0.15) is 16.4 Å². The zero-order valence-corrected chi connectivity index (χ0v) is 19.1. The van der Waals surface area contributed by atoms with Gasteiger partial charge in [-0.15, -0.1) is 0 Å². The number of piperidine rings is 1. The Morgan fingerprint density at radius 2 is 1.90 bits per heavy atom. The van der Waals surface area contributed by atoms with E-state index in [1.54, 1.807) is 6.07 Å². The number of carbonyl (C=O) groups is 2. The third kappa shape index (κ3) is 5.08.